The molecular weight excluding hydrogens is 410 g/mol. The van der Waals surface area contributed by atoms with E-state index < -0.39 is 0 Å². The lowest BCUT2D eigenvalue weighted by atomic mass is 9.31. The van der Waals surface area contributed by atoms with E-state index in [0.717, 1.165) is 29.4 Å². The van der Waals surface area contributed by atoms with Gasteiger partial charge in [-0.3, -0.25) is 0 Å². The second-order valence-corrected chi connectivity index (χ2v) is 15.2. The molecule has 0 aliphatic heterocycles. The van der Waals surface area contributed by atoms with E-state index >= 15 is 0 Å². The maximum absolute atomic E-state index is 6.68. The lowest BCUT2D eigenvalue weighted by Gasteiger charge is -2.73. The average molecular weight is 466 g/mol. The van der Waals surface area contributed by atoms with Crippen molar-refractivity contribution in [3.8, 4) is 0 Å². The number of hydrogen-bond donors (Lipinski definition) is 1. The Morgan fingerprint density at radius 2 is 1.53 bits per heavy atom. The molecule has 0 radical (unpaired) electrons. The van der Waals surface area contributed by atoms with Gasteiger partial charge in [0.15, 0.2) is 0 Å². The summed E-state index contributed by atoms with van der Waals surface area (Å²) < 4.78 is 0. The van der Waals surface area contributed by atoms with Crippen molar-refractivity contribution in [1.82, 2.24) is 0 Å². The predicted octanol–water partition coefficient (Wildman–Crippen LogP) is 9.14. The quantitative estimate of drug-likeness (QED) is 0.413. The monoisotopic (exact) mass is 465 g/mol. The number of hydrogen-bond acceptors (Lipinski definition) is 1. The van der Waals surface area contributed by atoms with E-state index in [1.807, 2.05) is 0 Å². The SMILES string of the molecule is C=C(C)[C@@H]1CC[C@]2(C(=C)N)CC[C@]3(C)C(CC[C@@H]4[C@@]5(C)CC[C@H](C)[C@@](C)(CC)[C@@H]5CC[C@]43C)[C@@H]12. The van der Waals surface area contributed by atoms with E-state index in [4.69, 9.17) is 5.73 Å². The van der Waals surface area contributed by atoms with Crippen molar-refractivity contribution >= 4 is 0 Å². The fourth-order valence-electron chi connectivity index (χ4n) is 12.3. The van der Waals surface area contributed by atoms with Crippen LogP contribution in [-0.2, 0) is 0 Å². The van der Waals surface area contributed by atoms with Gasteiger partial charge in [0.1, 0.15) is 0 Å². The lowest BCUT2D eigenvalue weighted by Crippen LogP contribution is -2.66. The first-order valence-corrected chi connectivity index (χ1v) is 14.9. The molecule has 1 unspecified atom stereocenters. The Balaban J connectivity index is 1.56. The highest BCUT2D eigenvalue weighted by molar-refractivity contribution is 5.26. The third kappa shape index (κ3) is 2.80. The van der Waals surface area contributed by atoms with E-state index in [9.17, 15) is 0 Å². The fraction of sp³-hybridized carbons (Fsp3) is 0.879. The lowest BCUT2D eigenvalue weighted by molar-refractivity contribution is -0.241. The molecule has 1 heteroatoms. The van der Waals surface area contributed by atoms with Crippen LogP contribution in [-0.4, -0.2) is 0 Å². The molecule has 0 aromatic carbocycles. The molecule has 5 aliphatic rings. The summed E-state index contributed by atoms with van der Waals surface area (Å²) in [6.45, 7) is 27.2. The molecule has 5 saturated carbocycles. The van der Waals surface area contributed by atoms with Gasteiger partial charge in [0, 0.05) is 11.1 Å². The molecule has 5 fully saturated rings. The van der Waals surface area contributed by atoms with Crippen molar-refractivity contribution in [2.75, 3.05) is 0 Å². The minimum Gasteiger partial charge on any atom is -0.402 e. The smallest absolute Gasteiger partial charge is 0.0130 e. The molecule has 0 spiro atoms. The van der Waals surface area contributed by atoms with Crippen LogP contribution in [0.1, 0.15) is 119 Å². The van der Waals surface area contributed by atoms with Crippen molar-refractivity contribution < 1.29 is 0 Å². The second-order valence-electron chi connectivity index (χ2n) is 15.2. The number of rotatable bonds is 3. The van der Waals surface area contributed by atoms with E-state index in [2.05, 4.69) is 61.6 Å². The average Bonchev–Trinajstić information content (AvgIpc) is 3.18. The highest BCUT2D eigenvalue weighted by Gasteiger charge is 2.71. The Hall–Kier alpha value is -0.720. The summed E-state index contributed by atoms with van der Waals surface area (Å²) in [7, 11) is 0. The molecule has 11 atom stereocenters. The standard InChI is InChI=1S/C33H55N/c1-10-29(6)22(4)13-16-30(7)26(29)15-17-32(9)27(30)12-11-25-28-24(21(2)3)14-18-33(28,23(5)34)20-19-31(25,32)8/h22,24-28H,2,5,10-20,34H2,1,3-4,6-9H3/t22-,24-,25?,26-,27+,28+,29+,30-,31+,32+,33+/m0/s1. The Kier molecular flexibility index (Phi) is 5.61. The molecule has 1 nitrogen and oxygen atoms in total. The zero-order valence-electron chi connectivity index (χ0n) is 23.7. The molecule has 0 bridgehead atoms. The van der Waals surface area contributed by atoms with Crippen molar-refractivity contribution in [2.24, 2.45) is 68.3 Å². The molecule has 34 heavy (non-hydrogen) atoms. The topological polar surface area (TPSA) is 26.0 Å². The van der Waals surface area contributed by atoms with Crippen molar-refractivity contribution in [2.45, 2.75) is 119 Å². The molecule has 5 rings (SSSR count). The van der Waals surface area contributed by atoms with Crippen LogP contribution in [0.15, 0.2) is 24.4 Å². The third-order valence-corrected chi connectivity index (χ3v) is 14.8. The Labute approximate surface area is 211 Å². The van der Waals surface area contributed by atoms with Gasteiger partial charge in [-0.25, -0.2) is 0 Å². The van der Waals surface area contributed by atoms with Gasteiger partial charge in [-0.1, -0.05) is 66.7 Å². The van der Waals surface area contributed by atoms with Gasteiger partial charge in [0.2, 0.25) is 0 Å². The molecule has 0 heterocycles. The van der Waals surface area contributed by atoms with E-state index in [0.29, 0.717) is 33.5 Å². The molecule has 0 aromatic rings. The molecule has 0 saturated heterocycles. The van der Waals surface area contributed by atoms with Crippen LogP contribution >= 0.6 is 0 Å². The Bertz CT molecular complexity index is 872. The predicted molar refractivity (Wildman–Crippen MR) is 146 cm³/mol. The van der Waals surface area contributed by atoms with Crippen molar-refractivity contribution in [1.29, 1.82) is 0 Å². The molecule has 2 N–H and O–H groups in total. The second kappa shape index (κ2) is 7.64. The highest BCUT2D eigenvalue weighted by Crippen LogP contribution is 2.78. The number of allylic oxidation sites excluding steroid dienone is 2. The van der Waals surface area contributed by atoms with Crippen LogP contribution in [0.2, 0.25) is 0 Å². The maximum Gasteiger partial charge on any atom is 0.0130 e. The summed E-state index contributed by atoms with van der Waals surface area (Å²) in [5.74, 6) is 4.71. The first kappa shape index (κ1) is 25.0. The van der Waals surface area contributed by atoms with E-state index in [-0.39, 0.29) is 5.41 Å². The first-order chi connectivity index (χ1) is 15.8. The summed E-state index contributed by atoms with van der Waals surface area (Å²) in [6.07, 6.45) is 15.1. The number of fused-ring (bicyclic) bond motifs is 7. The minimum atomic E-state index is 0.166. The van der Waals surface area contributed by atoms with Crippen LogP contribution < -0.4 is 5.73 Å². The third-order valence-electron chi connectivity index (χ3n) is 14.8. The zero-order valence-corrected chi connectivity index (χ0v) is 23.7. The van der Waals surface area contributed by atoms with Gasteiger partial charge in [-0.05, 0) is 128 Å². The largest absolute Gasteiger partial charge is 0.402 e. The summed E-state index contributed by atoms with van der Waals surface area (Å²) in [6, 6.07) is 0. The molecule has 5 aliphatic carbocycles. The number of nitrogens with two attached hydrogens (primary N) is 1. The van der Waals surface area contributed by atoms with Crippen LogP contribution in [0.5, 0.6) is 0 Å². The van der Waals surface area contributed by atoms with Crippen LogP contribution in [0.4, 0.5) is 0 Å². The summed E-state index contributed by atoms with van der Waals surface area (Å²) in [5.41, 5.74) is 11.1. The van der Waals surface area contributed by atoms with Gasteiger partial charge in [-0.15, -0.1) is 0 Å². The van der Waals surface area contributed by atoms with Gasteiger partial charge < -0.3 is 5.73 Å². The normalized spacial score (nSPS) is 56.6. The van der Waals surface area contributed by atoms with Crippen LogP contribution in [0, 0.1) is 62.6 Å². The maximum atomic E-state index is 6.68. The summed E-state index contributed by atoms with van der Waals surface area (Å²) >= 11 is 0. The van der Waals surface area contributed by atoms with Gasteiger partial charge in [0.05, 0.1) is 0 Å². The molecular formula is C33H55N. The molecule has 192 valence electrons. The van der Waals surface area contributed by atoms with Crippen molar-refractivity contribution in [3.63, 3.8) is 0 Å². The summed E-state index contributed by atoms with van der Waals surface area (Å²) in [4.78, 5) is 0. The van der Waals surface area contributed by atoms with Gasteiger partial charge in [0.25, 0.3) is 0 Å². The highest BCUT2D eigenvalue weighted by atomic mass is 14.8. The van der Waals surface area contributed by atoms with Gasteiger partial charge in [-0.2, -0.15) is 0 Å². The Morgan fingerprint density at radius 1 is 0.824 bits per heavy atom. The first-order valence-electron chi connectivity index (χ1n) is 14.9. The van der Waals surface area contributed by atoms with Crippen LogP contribution in [0.3, 0.4) is 0 Å². The van der Waals surface area contributed by atoms with Gasteiger partial charge >= 0.3 is 0 Å². The molecule has 0 amide bonds. The zero-order chi connectivity index (χ0) is 24.9. The summed E-state index contributed by atoms with van der Waals surface area (Å²) in [5, 5.41) is 0. The fourth-order valence-corrected chi connectivity index (χ4v) is 12.3. The molecule has 0 aromatic heterocycles. The van der Waals surface area contributed by atoms with E-state index in [1.54, 1.807) is 0 Å². The Morgan fingerprint density at radius 3 is 2.15 bits per heavy atom. The van der Waals surface area contributed by atoms with Crippen LogP contribution in [0.25, 0.3) is 0 Å². The minimum absolute atomic E-state index is 0.166. The van der Waals surface area contributed by atoms with Crippen molar-refractivity contribution in [3.05, 3.63) is 24.4 Å². The van der Waals surface area contributed by atoms with E-state index in [1.165, 1.54) is 76.2 Å².